The maximum Gasteiger partial charge on any atom is 0.408 e. The molecule has 0 radical (unpaired) electrons. The monoisotopic (exact) mass is 319 g/mol. The van der Waals surface area contributed by atoms with Crippen molar-refractivity contribution in [3.63, 3.8) is 0 Å². The van der Waals surface area contributed by atoms with Gasteiger partial charge in [-0.2, -0.15) is 0 Å². The Bertz CT molecular complexity index is 525. The Morgan fingerprint density at radius 2 is 1.91 bits per heavy atom. The highest BCUT2D eigenvalue weighted by molar-refractivity contribution is 5.81. The molecule has 1 aliphatic rings. The van der Waals surface area contributed by atoms with Gasteiger partial charge in [-0.1, -0.05) is 37.3 Å². The Hall–Kier alpha value is -2.04. The predicted molar refractivity (Wildman–Crippen MR) is 86.8 cm³/mol. The van der Waals surface area contributed by atoms with Crippen molar-refractivity contribution in [2.45, 2.75) is 52.2 Å². The van der Waals surface area contributed by atoms with Gasteiger partial charge in [0, 0.05) is 0 Å². The van der Waals surface area contributed by atoms with Crippen LogP contribution in [0.5, 0.6) is 0 Å². The summed E-state index contributed by atoms with van der Waals surface area (Å²) in [5.41, 5.74) is 1.22. The lowest BCUT2D eigenvalue weighted by Gasteiger charge is -2.18. The number of carbonyl (C=O) groups is 2. The van der Waals surface area contributed by atoms with E-state index in [0.29, 0.717) is 18.4 Å². The van der Waals surface area contributed by atoms with Gasteiger partial charge in [0.1, 0.15) is 12.6 Å². The topological polar surface area (TPSA) is 64.6 Å². The number of amides is 1. The molecule has 1 aromatic rings. The molecule has 0 bridgehead atoms. The third kappa shape index (κ3) is 5.93. The molecule has 0 heterocycles. The lowest BCUT2D eigenvalue weighted by atomic mass is 9.99. The van der Waals surface area contributed by atoms with E-state index in [1.54, 1.807) is 6.92 Å². The first-order valence-electron chi connectivity index (χ1n) is 8.16. The van der Waals surface area contributed by atoms with E-state index < -0.39 is 18.1 Å². The van der Waals surface area contributed by atoms with Crippen LogP contribution in [0.15, 0.2) is 30.3 Å². The molecule has 126 valence electrons. The van der Waals surface area contributed by atoms with Crippen LogP contribution in [-0.2, 0) is 20.9 Å². The van der Waals surface area contributed by atoms with Gasteiger partial charge in [0.2, 0.25) is 0 Å². The molecule has 0 saturated heterocycles. The Morgan fingerprint density at radius 1 is 1.22 bits per heavy atom. The standard InChI is InChI=1S/C18H25NO4/c1-3-22-16(20)15(9-10-18(2)11-12-18)19-17(21)23-13-14-7-5-4-6-8-14/h4-8,15H,3,9-13H2,1-2H3,(H,19,21)/t15-/m1/s1. The highest BCUT2D eigenvalue weighted by atomic mass is 16.6. The minimum absolute atomic E-state index is 0.180. The first-order valence-corrected chi connectivity index (χ1v) is 8.16. The number of rotatable bonds is 8. The van der Waals surface area contributed by atoms with Crippen LogP contribution in [0.2, 0.25) is 0 Å². The van der Waals surface area contributed by atoms with Gasteiger partial charge in [0.25, 0.3) is 0 Å². The molecule has 0 aromatic heterocycles. The van der Waals surface area contributed by atoms with Crippen molar-refractivity contribution >= 4 is 12.1 Å². The highest BCUT2D eigenvalue weighted by Gasteiger charge is 2.38. The SMILES string of the molecule is CCOC(=O)[C@@H](CCC1(C)CC1)NC(=O)OCc1ccccc1. The first kappa shape index (κ1) is 17.3. The van der Waals surface area contributed by atoms with Gasteiger partial charge < -0.3 is 14.8 Å². The average molecular weight is 319 g/mol. The Labute approximate surface area is 137 Å². The van der Waals surface area contributed by atoms with Crippen LogP contribution in [0.3, 0.4) is 0 Å². The maximum atomic E-state index is 12.0. The van der Waals surface area contributed by atoms with E-state index in [2.05, 4.69) is 12.2 Å². The smallest absolute Gasteiger partial charge is 0.408 e. The second kappa shape index (κ2) is 7.99. The molecule has 23 heavy (non-hydrogen) atoms. The van der Waals surface area contributed by atoms with Gasteiger partial charge in [-0.25, -0.2) is 9.59 Å². The molecule has 5 heteroatoms. The van der Waals surface area contributed by atoms with Crippen LogP contribution < -0.4 is 5.32 Å². The van der Waals surface area contributed by atoms with Crippen LogP contribution in [0.25, 0.3) is 0 Å². The molecule has 1 N–H and O–H groups in total. The van der Waals surface area contributed by atoms with Crippen LogP contribution in [0, 0.1) is 5.41 Å². The fourth-order valence-electron chi connectivity index (χ4n) is 2.36. The number of carbonyl (C=O) groups excluding carboxylic acids is 2. The summed E-state index contributed by atoms with van der Waals surface area (Å²) in [4.78, 5) is 23.9. The maximum absolute atomic E-state index is 12.0. The largest absolute Gasteiger partial charge is 0.464 e. The van der Waals surface area contributed by atoms with E-state index in [1.807, 2.05) is 30.3 Å². The number of benzene rings is 1. The predicted octanol–water partition coefficient (Wildman–Crippen LogP) is 3.42. The third-order valence-electron chi connectivity index (χ3n) is 4.22. The number of hydrogen-bond donors (Lipinski definition) is 1. The van der Waals surface area contributed by atoms with Gasteiger partial charge in [-0.05, 0) is 43.6 Å². The van der Waals surface area contributed by atoms with Crippen LogP contribution in [-0.4, -0.2) is 24.7 Å². The normalized spacial score (nSPS) is 16.3. The van der Waals surface area contributed by atoms with Crippen molar-refractivity contribution in [3.05, 3.63) is 35.9 Å². The zero-order valence-electron chi connectivity index (χ0n) is 13.8. The van der Waals surface area contributed by atoms with E-state index in [1.165, 1.54) is 12.8 Å². The fourth-order valence-corrected chi connectivity index (χ4v) is 2.36. The van der Waals surface area contributed by atoms with Gasteiger partial charge in [-0.15, -0.1) is 0 Å². The van der Waals surface area contributed by atoms with Gasteiger partial charge in [0.15, 0.2) is 0 Å². The molecule has 1 aromatic carbocycles. The minimum atomic E-state index is -0.643. The van der Waals surface area contributed by atoms with Crippen molar-refractivity contribution in [1.29, 1.82) is 0 Å². The van der Waals surface area contributed by atoms with E-state index >= 15 is 0 Å². The minimum Gasteiger partial charge on any atom is -0.464 e. The van der Waals surface area contributed by atoms with Crippen LogP contribution in [0.1, 0.15) is 45.1 Å². The Kier molecular flexibility index (Phi) is 6.02. The lowest BCUT2D eigenvalue weighted by molar-refractivity contribution is -0.145. The van der Waals surface area contributed by atoms with Crippen molar-refractivity contribution < 1.29 is 19.1 Å². The second-order valence-electron chi connectivity index (χ2n) is 6.36. The highest BCUT2D eigenvalue weighted by Crippen LogP contribution is 2.49. The molecule has 1 fully saturated rings. The summed E-state index contributed by atoms with van der Waals surface area (Å²) >= 11 is 0. The number of alkyl carbamates (subject to hydrolysis) is 1. The van der Waals surface area contributed by atoms with E-state index in [0.717, 1.165) is 12.0 Å². The molecule has 0 unspecified atom stereocenters. The zero-order valence-corrected chi connectivity index (χ0v) is 13.8. The molecule has 2 rings (SSSR count). The summed E-state index contributed by atoms with van der Waals surface area (Å²) in [5.74, 6) is -0.395. The Morgan fingerprint density at radius 3 is 2.52 bits per heavy atom. The molecular weight excluding hydrogens is 294 g/mol. The molecule has 5 nitrogen and oxygen atoms in total. The van der Waals surface area contributed by atoms with E-state index in [9.17, 15) is 9.59 Å². The van der Waals surface area contributed by atoms with Gasteiger partial charge in [0.05, 0.1) is 6.61 Å². The number of esters is 1. The molecule has 1 aliphatic carbocycles. The summed E-state index contributed by atoms with van der Waals surface area (Å²) in [5, 5.41) is 2.64. The number of nitrogens with one attached hydrogen (secondary N) is 1. The summed E-state index contributed by atoms with van der Waals surface area (Å²) < 4.78 is 10.2. The average Bonchev–Trinajstić information content (AvgIpc) is 3.28. The van der Waals surface area contributed by atoms with Crippen LogP contribution >= 0.6 is 0 Å². The van der Waals surface area contributed by atoms with Crippen molar-refractivity contribution in [3.8, 4) is 0 Å². The van der Waals surface area contributed by atoms with Crippen molar-refractivity contribution in [2.24, 2.45) is 5.41 Å². The summed E-state index contributed by atoms with van der Waals surface area (Å²) in [6, 6.07) is 8.78. The molecule has 0 spiro atoms. The lowest BCUT2D eigenvalue weighted by Crippen LogP contribution is -2.42. The molecule has 1 saturated carbocycles. The molecule has 1 atom stereocenters. The molecular formula is C18H25NO4. The Balaban J connectivity index is 1.82. The number of ether oxygens (including phenoxy) is 2. The summed E-state index contributed by atoms with van der Waals surface area (Å²) in [6.45, 7) is 4.43. The van der Waals surface area contributed by atoms with E-state index in [4.69, 9.17) is 9.47 Å². The van der Waals surface area contributed by atoms with Crippen LogP contribution in [0.4, 0.5) is 4.79 Å². The second-order valence-corrected chi connectivity index (χ2v) is 6.36. The fraction of sp³-hybridized carbons (Fsp3) is 0.556. The quantitative estimate of drug-likeness (QED) is 0.746. The molecule has 1 amide bonds. The van der Waals surface area contributed by atoms with Gasteiger partial charge in [-0.3, -0.25) is 0 Å². The molecule has 0 aliphatic heterocycles. The third-order valence-corrected chi connectivity index (χ3v) is 4.22. The van der Waals surface area contributed by atoms with Crippen molar-refractivity contribution in [1.82, 2.24) is 5.32 Å². The summed E-state index contributed by atoms with van der Waals surface area (Å²) in [6.07, 6.45) is 3.25. The van der Waals surface area contributed by atoms with E-state index in [-0.39, 0.29) is 6.61 Å². The first-order chi connectivity index (χ1) is 11.0. The zero-order chi connectivity index (χ0) is 16.7. The van der Waals surface area contributed by atoms with Crippen molar-refractivity contribution in [2.75, 3.05) is 6.61 Å². The van der Waals surface area contributed by atoms with Gasteiger partial charge >= 0.3 is 12.1 Å². The number of hydrogen-bond acceptors (Lipinski definition) is 4. The summed E-state index contributed by atoms with van der Waals surface area (Å²) in [7, 11) is 0.